The number of hydrogen-bond donors (Lipinski definition) is 1. The van der Waals surface area contributed by atoms with Crippen LogP contribution in [0.5, 0.6) is 0 Å². The summed E-state index contributed by atoms with van der Waals surface area (Å²) >= 11 is 7.18. The largest absolute Gasteiger partial charge is 0.354 e. The number of nitrogens with one attached hydrogen (secondary N) is 1. The lowest BCUT2D eigenvalue weighted by molar-refractivity contribution is -0.118. The maximum Gasteiger partial charge on any atom is 0.235 e. The summed E-state index contributed by atoms with van der Waals surface area (Å²) in [5.74, 6) is -0.395. The molecule has 0 radical (unpaired) electrons. The topological polar surface area (TPSA) is 63.2 Å². The zero-order chi connectivity index (χ0) is 18.3. The van der Waals surface area contributed by atoms with Crippen LogP contribution in [0.25, 0.3) is 0 Å². The first-order valence-electron chi connectivity index (χ1n) is 7.44. The van der Waals surface area contributed by atoms with Gasteiger partial charge < -0.3 is 5.32 Å². The molecule has 25 heavy (non-hydrogen) atoms. The van der Waals surface area contributed by atoms with Gasteiger partial charge in [0.05, 0.1) is 4.90 Å². The summed E-state index contributed by atoms with van der Waals surface area (Å²) in [6.07, 6.45) is 0. The minimum atomic E-state index is -3.69. The Hall–Kier alpha value is -1.57. The van der Waals surface area contributed by atoms with Crippen LogP contribution in [-0.2, 0) is 20.4 Å². The molecule has 1 N–H and O–H groups in total. The molecule has 0 aliphatic heterocycles. The van der Waals surface area contributed by atoms with Crippen molar-refractivity contribution < 1.29 is 17.6 Å². The predicted molar refractivity (Wildman–Crippen MR) is 99.1 cm³/mol. The number of halogens is 2. The van der Waals surface area contributed by atoms with E-state index in [0.29, 0.717) is 28.6 Å². The molecule has 8 heteroatoms. The highest BCUT2D eigenvalue weighted by Gasteiger charge is 2.18. The fourth-order valence-electron chi connectivity index (χ4n) is 2.01. The standard InChI is InChI=1S/C17H17ClFNO3S2/c18-14-5-7-15(8-6-14)25(22,23)12-17(21)20-9-10-24-11-13-3-1-2-4-16(13)19/h1-8H,9-12H2,(H,20,21). The molecule has 0 saturated heterocycles. The first-order valence-corrected chi connectivity index (χ1v) is 10.6. The van der Waals surface area contributed by atoms with Gasteiger partial charge in [0.15, 0.2) is 9.84 Å². The summed E-state index contributed by atoms with van der Waals surface area (Å²) in [7, 11) is -3.69. The third-order valence-corrected chi connectivity index (χ3v) is 6.17. The van der Waals surface area contributed by atoms with Crippen LogP contribution in [0.1, 0.15) is 5.56 Å². The van der Waals surface area contributed by atoms with Gasteiger partial charge in [-0.1, -0.05) is 29.8 Å². The lowest BCUT2D eigenvalue weighted by Crippen LogP contribution is -2.31. The predicted octanol–water partition coefficient (Wildman–Crippen LogP) is 3.30. The highest BCUT2D eigenvalue weighted by atomic mass is 35.5. The van der Waals surface area contributed by atoms with Crippen molar-refractivity contribution in [3.8, 4) is 0 Å². The molecule has 0 aliphatic carbocycles. The second-order valence-corrected chi connectivity index (χ2v) is 8.74. The lowest BCUT2D eigenvalue weighted by atomic mass is 10.2. The minimum absolute atomic E-state index is 0.0565. The van der Waals surface area contributed by atoms with Gasteiger partial charge in [-0.15, -0.1) is 0 Å². The Morgan fingerprint density at radius 1 is 1.12 bits per heavy atom. The zero-order valence-electron chi connectivity index (χ0n) is 13.2. The van der Waals surface area contributed by atoms with Gasteiger partial charge in [-0.25, -0.2) is 12.8 Å². The van der Waals surface area contributed by atoms with E-state index in [1.54, 1.807) is 18.2 Å². The quantitative estimate of drug-likeness (QED) is 0.689. The molecule has 2 rings (SSSR count). The van der Waals surface area contributed by atoms with Crippen LogP contribution in [0.4, 0.5) is 4.39 Å². The van der Waals surface area contributed by atoms with Crippen LogP contribution in [0, 0.1) is 5.82 Å². The van der Waals surface area contributed by atoms with Crippen LogP contribution in [0.3, 0.4) is 0 Å². The molecular weight excluding hydrogens is 385 g/mol. The number of rotatable bonds is 8. The van der Waals surface area contributed by atoms with E-state index in [2.05, 4.69) is 5.32 Å². The molecule has 2 aromatic rings. The third-order valence-electron chi connectivity index (χ3n) is 3.28. The average Bonchev–Trinajstić information content (AvgIpc) is 2.56. The Morgan fingerprint density at radius 2 is 1.80 bits per heavy atom. The summed E-state index contributed by atoms with van der Waals surface area (Å²) in [6, 6.07) is 12.2. The maximum atomic E-state index is 13.4. The van der Waals surface area contributed by atoms with Crippen molar-refractivity contribution >= 4 is 39.1 Å². The molecule has 2 aromatic carbocycles. The van der Waals surface area contributed by atoms with Crippen molar-refractivity contribution in [3.05, 3.63) is 64.9 Å². The third kappa shape index (κ3) is 6.34. The van der Waals surface area contributed by atoms with Crippen LogP contribution in [-0.4, -0.2) is 32.4 Å². The molecule has 0 aliphatic rings. The van der Waals surface area contributed by atoms with Gasteiger partial charge in [0.2, 0.25) is 5.91 Å². The van der Waals surface area contributed by atoms with Crippen LogP contribution in [0.15, 0.2) is 53.4 Å². The van der Waals surface area contributed by atoms with Gasteiger partial charge in [0.25, 0.3) is 0 Å². The summed E-state index contributed by atoms with van der Waals surface area (Å²) in [5, 5.41) is 2.99. The van der Waals surface area contributed by atoms with Crippen LogP contribution < -0.4 is 5.32 Å². The molecule has 0 unspecified atom stereocenters. The number of thioether (sulfide) groups is 1. The van der Waals surface area contributed by atoms with Gasteiger partial charge in [-0.05, 0) is 35.9 Å². The monoisotopic (exact) mass is 401 g/mol. The van der Waals surface area contributed by atoms with E-state index in [-0.39, 0.29) is 10.7 Å². The number of benzene rings is 2. The van der Waals surface area contributed by atoms with Gasteiger partial charge in [-0.3, -0.25) is 4.79 Å². The fourth-order valence-corrected chi connectivity index (χ4v) is 4.14. The Balaban J connectivity index is 1.73. The number of carbonyl (C=O) groups excluding carboxylic acids is 1. The van der Waals surface area contributed by atoms with E-state index in [1.165, 1.54) is 42.1 Å². The molecule has 134 valence electrons. The van der Waals surface area contributed by atoms with E-state index in [1.807, 2.05) is 0 Å². The van der Waals surface area contributed by atoms with Gasteiger partial charge in [0, 0.05) is 23.1 Å². The van der Waals surface area contributed by atoms with Crippen LogP contribution in [0.2, 0.25) is 5.02 Å². The van der Waals surface area contributed by atoms with E-state index in [0.717, 1.165) is 0 Å². The highest BCUT2D eigenvalue weighted by Crippen LogP contribution is 2.16. The Kier molecular flexibility index (Phi) is 7.28. The smallest absolute Gasteiger partial charge is 0.235 e. The summed E-state index contributed by atoms with van der Waals surface area (Å²) < 4.78 is 37.7. The van der Waals surface area contributed by atoms with Crippen molar-refractivity contribution in [1.29, 1.82) is 0 Å². The first-order chi connectivity index (χ1) is 11.9. The molecular formula is C17H17ClFNO3S2. The molecule has 0 saturated carbocycles. The van der Waals surface area contributed by atoms with Crippen molar-refractivity contribution in [2.75, 3.05) is 18.1 Å². The second kappa shape index (κ2) is 9.22. The molecule has 0 atom stereocenters. The highest BCUT2D eigenvalue weighted by molar-refractivity contribution is 7.98. The number of hydrogen-bond acceptors (Lipinski definition) is 4. The van der Waals surface area contributed by atoms with Gasteiger partial charge in [0.1, 0.15) is 11.6 Å². The van der Waals surface area contributed by atoms with E-state index < -0.39 is 21.5 Å². The van der Waals surface area contributed by atoms with Crippen LogP contribution >= 0.6 is 23.4 Å². The number of amides is 1. The second-order valence-electron chi connectivity index (χ2n) is 5.21. The number of carbonyl (C=O) groups is 1. The van der Waals surface area contributed by atoms with Crippen molar-refractivity contribution in [2.24, 2.45) is 0 Å². The Bertz CT molecular complexity index is 826. The summed E-state index contributed by atoms with van der Waals surface area (Å²) in [4.78, 5) is 11.9. The molecule has 1 amide bonds. The Morgan fingerprint density at radius 3 is 2.48 bits per heavy atom. The Labute approximate surface area is 155 Å². The minimum Gasteiger partial charge on any atom is -0.354 e. The average molecular weight is 402 g/mol. The zero-order valence-corrected chi connectivity index (χ0v) is 15.6. The summed E-state index contributed by atoms with van der Waals surface area (Å²) in [6.45, 7) is 0.314. The maximum absolute atomic E-state index is 13.4. The van der Waals surface area contributed by atoms with Gasteiger partial charge in [-0.2, -0.15) is 11.8 Å². The molecule has 0 fully saturated rings. The molecule has 0 bridgehead atoms. The number of sulfone groups is 1. The van der Waals surface area contributed by atoms with Crippen molar-refractivity contribution in [1.82, 2.24) is 5.32 Å². The normalized spacial score (nSPS) is 11.3. The van der Waals surface area contributed by atoms with Crippen molar-refractivity contribution in [3.63, 3.8) is 0 Å². The molecule has 0 heterocycles. The first kappa shape index (κ1) is 19.8. The SMILES string of the molecule is O=C(CS(=O)(=O)c1ccc(Cl)cc1)NCCSCc1ccccc1F. The van der Waals surface area contributed by atoms with E-state index in [9.17, 15) is 17.6 Å². The lowest BCUT2D eigenvalue weighted by Gasteiger charge is -2.07. The van der Waals surface area contributed by atoms with E-state index >= 15 is 0 Å². The van der Waals surface area contributed by atoms with Gasteiger partial charge >= 0.3 is 0 Å². The van der Waals surface area contributed by atoms with Crippen molar-refractivity contribution in [2.45, 2.75) is 10.6 Å². The summed E-state index contributed by atoms with van der Waals surface area (Å²) in [5.41, 5.74) is 0.601. The molecule has 4 nitrogen and oxygen atoms in total. The fraction of sp³-hybridized carbons (Fsp3) is 0.235. The van der Waals surface area contributed by atoms with E-state index in [4.69, 9.17) is 11.6 Å². The molecule has 0 aromatic heterocycles. The molecule has 0 spiro atoms.